The molecule has 4 N–H and O–H groups in total. The lowest BCUT2D eigenvalue weighted by Gasteiger charge is -2.30. The molecule has 1 saturated carbocycles. The fourth-order valence-corrected chi connectivity index (χ4v) is 2.56. The third-order valence-corrected chi connectivity index (χ3v) is 3.46. The lowest BCUT2D eigenvalue weighted by atomic mass is 10.2. The van der Waals surface area contributed by atoms with Crippen LogP contribution >= 0.6 is 0 Å². The summed E-state index contributed by atoms with van der Waals surface area (Å²) in [5, 5.41) is 16.5. The van der Waals surface area contributed by atoms with Crippen LogP contribution in [0.2, 0.25) is 0 Å². The summed E-state index contributed by atoms with van der Waals surface area (Å²) in [5.41, 5.74) is 6.88. The van der Waals surface area contributed by atoms with Gasteiger partial charge in [0.05, 0.1) is 18.5 Å². The smallest absolute Gasteiger partial charge is 0.141 e. The number of aliphatic hydroxyl groups excluding tert-OH is 1. The predicted molar refractivity (Wildman–Crippen MR) is 71.9 cm³/mol. The lowest BCUT2D eigenvalue weighted by molar-refractivity contribution is 0.297. The molecule has 18 heavy (non-hydrogen) atoms. The molecule has 0 radical (unpaired) electrons. The second-order valence-corrected chi connectivity index (χ2v) is 4.67. The Kier molecular flexibility index (Phi) is 4.15. The minimum absolute atomic E-state index is 0.0175. The molecule has 1 heterocycles. The Morgan fingerprint density at radius 1 is 1.44 bits per heavy atom. The first-order chi connectivity index (χ1) is 8.72. The fourth-order valence-electron chi connectivity index (χ4n) is 2.56. The van der Waals surface area contributed by atoms with Gasteiger partial charge in [-0.15, -0.1) is 0 Å². The second kappa shape index (κ2) is 5.82. The highest BCUT2D eigenvalue weighted by molar-refractivity contribution is 5.93. The summed E-state index contributed by atoms with van der Waals surface area (Å²) in [6.07, 6.45) is 6.60. The van der Waals surface area contributed by atoms with Crippen molar-refractivity contribution >= 4 is 11.5 Å². The van der Waals surface area contributed by atoms with Crippen LogP contribution in [-0.4, -0.2) is 35.1 Å². The zero-order valence-corrected chi connectivity index (χ0v) is 10.5. The predicted octanol–water partition coefficient (Wildman–Crippen LogP) is 1.11. The molecule has 0 unspecified atom stereocenters. The van der Waals surface area contributed by atoms with Gasteiger partial charge in [-0.3, -0.25) is 10.4 Å². The van der Waals surface area contributed by atoms with Crippen LogP contribution in [0.4, 0.5) is 5.69 Å². The van der Waals surface area contributed by atoms with Crippen molar-refractivity contribution < 1.29 is 5.11 Å². The molecule has 1 aliphatic rings. The Morgan fingerprint density at radius 2 is 2.17 bits per heavy atom. The molecule has 1 aromatic rings. The van der Waals surface area contributed by atoms with Gasteiger partial charge in [0.2, 0.25) is 0 Å². The Hall–Kier alpha value is -1.62. The molecule has 0 saturated heterocycles. The van der Waals surface area contributed by atoms with Gasteiger partial charge in [-0.2, -0.15) is 0 Å². The fraction of sp³-hybridized carbons (Fsp3) is 0.538. The first kappa shape index (κ1) is 12.8. The number of amidine groups is 1. The van der Waals surface area contributed by atoms with E-state index in [0.717, 1.165) is 5.69 Å². The third-order valence-electron chi connectivity index (χ3n) is 3.46. The van der Waals surface area contributed by atoms with Gasteiger partial charge in [0, 0.05) is 12.6 Å². The van der Waals surface area contributed by atoms with E-state index in [1.807, 2.05) is 6.07 Å². The van der Waals surface area contributed by atoms with Gasteiger partial charge in [-0.25, -0.2) is 0 Å². The number of nitrogens with zero attached hydrogens (tertiary/aromatic N) is 2. The number of nitrogens with one attached hydrogen (secondary N) is 1. The van der Waals surface area contributed by atoms with Crippen LogP contribution in [0.1, 0.15) is 31.4 Å². The molecule has 0 atom stereocenters. The largest absolute Gasteiger partial charge is 0.395 e. The first-order valence-corrected chi connectivity index (χ1v) is 6.40. The van der Waals surface area contributed by atoms with Crippen molar-refractivity contribution in [3.05, 3.63) is 24.0 Å². The summed E-state index contributed by atoms with van der Waals surface area (Å²) < 4.78 is 0. The van der Waals surface area contributed by atoms with E-state index < -0.39 is 0 Å². The Labute approximate surface area is 107 Å². The van der Waals surface area contributed by atoms with E-state index in [4.69, 9.17) is 11.1 Å². The van der Waals surface area contributed by atoms with E-state index in [1.165, 1.54) is 25.7 Å². The van der Waals surface area contributed by atoms with E-state index in [9.17, 15) is 5.11 Å². The van der Waals surface area contributed by atoms with Gasteiger partial charge in [0.25, 0.3) is 0 Å². The summed E-state index contributed by atoms with van der Waals surface area (Å²) in [4.78, 5) is 6.39. The highest BCUT2D eigenvalue weighted by Crippen LogP contribution is 2.27. The van der Waals surface area contributed by atoms with E-state index in [0.29, 0.717) is 18.3 Å². The van der Waals surface area contributed by atoms with Crippen molar-refractivity contribution in [3.8, 4) is 0 Å². The molecule has 5 heteroatoms. The zero-order chi connectivity index (χ0) is 13.0. The number of nitrogen functional groups attached to an aromatic ring is 1. The van der Waals surface area contributed by atoms with Crippen LogP contribution in [0.15, 0.2) is 18.3 Å². The first-order valence-electron chi connectivity index (χ1n) is 6.40. The Balaban J connectivity index is 2.16. The number of nitrogens with two attached hydrogens (primary N) is 1. The van der Waals surface area contributed by atoms with Gasteiger partial charge in [-0.05, 0) is 25.0 Å². The van der Waals surface area contributed by atoms with Crippen molar-refractivity contribution in [1.82, 2.24) is 4.98 Å². The van der Waals surface area contributed by atoms with Crippen LogP contribution in [0.25, 0.3) is 0 Å². The summed E-state index contributed by atoms with van der Waals surface area (Å²) >= 11 is 0. The van der Waals surface area contributed by atoms with Crippen LogP contribution in [0, 0.1) is 5.41 Å². The van der Waals surface area contributed by atoms with Gasteiger partial charge in [0.1, 0.15) is 11.5 Å². The molecular weight excluding hydrogens is 228 g/mol. The Bertz CT molecular complexity index is 398. The molecule has 1 aliphatic carbocycles. The molecule has 0 amide bonds. The minimum Gasteiger partial charge on any atom is -0.395 e. The molecule has 2 rings (SSSR count). The van der Waals surface area contributed by atoms with Crippen LogP contribution in [-0.2, 0) is 0 Å². The van der Waals surface area contributed by atoms with Crippen LogP contribution in [0.3, 0.4) is 0 Å². The van der Waals surface area contributed by atoms with Crippen molar-refractivity contribution in [2.24, 2.45) is 5.73 Å². The number of hydrogen-bond donors (Lipinski definition) is 3. The highest BCUT2D eigenvalue weighted by atomic mass is 16.3. The maximum atomic E-state index is 9.18. The van der Waals surface area contributed by atoms with Gasteiger partial charge in [0.15, 0.2) is 0 Å². The monoisotopic (exact) mass is 248 g/mol. The van der Waals surface area contributed by atoms with Crippen LogP contribution in [0.5, 0.6) is 0 Å². The normalized spacial score (nSPS) is 15.8. The minimum atomic E-state index is -0.0175. The summed E-state index contributed by atoms with van der Waals surface area (Å²) in [6, 6.07) is 4.19. The molecule has 98 valence electrons. The molecule has 0 aromatic carbocycles. The maximum Gasteiger partial charge on any atom is 0.141 e. The third kappa shape index (κ3) is 2.79. The number of hydrogen-bond acceptors (Lipinski definition) is 4. The molecule has 1 aromatic heterocycles. The van der Waals surface area contributed by atoms with E-state index >= 15 is 0 Å². The van der Waals surface area contributed by atoms with Gasteiger partial charge < -0.3 is 15.7 Å². The van der Waals surface area contributed by atoms with Gasteiger partial charge in [-0.1, -0.05) is 12.8 Å². The molecule has 0 spiro atoms. The summed E-state index contributed by atoms with van der Waals surface area (Å²) in [5.74, 6) is -0.0175. The van der Waals surface area contributed by atoms with Crippen molar-refractivity contribution in [2.45, 2.75) is 31.7 Å². The topological polar surface area (TPSA) is 86.2 Å². The molecule has 0 bridgehead atoms. The molecular formula is C13H20N4O. The van der Waals surface area contributed by atoms with Crippen molar-refractivity contribution in [3.63, 3.8) is 0 Å². The average Bonchev–Trinajstić information content (AvgIpc) is 2.90. The zero-order valence-electron chi connectivity index (χ0n) is 10.5. The quantitative estimate of drug-likeness (QED) is 0.538. The van der Waals surface area contributed by atoms with E-state index in [2.05, 4.69) is 9.88 Å². The number of anilines is 1. The number of rotatable bonds is 5. The SMILES string of the molecule is N=C(N)c1ccc(N(CCO)C2CCCC2)cn1. The van der Waals surface area contributed by atoms with E-state index in [1.54, 1.807) is 12.3 Å². The molecule has 0 aliphatic heterocycles. The maximum absolute atomic E-state index is 9.18. The Morgan fingerprint density at radius 3 is 2.67 bits per heavy atom. The average molecular weight is 248 g/mol. The van der Waals surface area contributed by atoms with Crippen LogP contribution < -0.4 is 10.6 Å². The van der Waals surface area contributed by atoms with Gasteiger partial charge >= 0.3 is 0 Å². The van der Waals surface area contributed by atoms with Crippen molar-refractivity contribution in [2.75, 3.05) is 18.1 Å². The van der Waals surface area contributed by atoms with Crippen molar-refractivity contribution in [1.29, 1.82) is 5.41 Å². The number of aliphatic hydroxyl groups is 1. The summed E-state index contributed by atoms with van der Waals surface area (Å²) in [7, 11) is 0. The molecule has 5 nitrogen and oxygen atoms in total. The second-order valence-electron chi connectivity index (χ2n) is 4.67. The molecule has 1 fully saturated rings. The standard InChI is InChI=1S/C13H20N4O/c14-13(15)12-6-5-11(9-16-12)17(7-8-18)10-3-1-2-4-10/h5-6,9-10,18H,1-4,7-8H2,(H3,14,15). The number of aromatic nitrogens is 1. The number of pyridine rings is 1. The summed E-state index contributed by atoms with van der Waals surface area (Å²) in [6.45, 7) is 0.775. The highest BCUT2D eigenvalue weighted by Gasteiger charge is 2.22. The lowest BCUT2D eigenvalue weighted by Crippen LogP contribution is -2.35. The van der Waals surface area contributed by atoms with E-state index in [-0.39, 0.29) is 12.4 Å².